The van der Waals surface area contributed by atoms with E-state index in [4.69, 9.17) is 0 Å². The third-order valence-corrected chi connectivity index (χ3v) is 6.48. The van der Waals surface area contributed by atoms with Crippen LogP contribution >= 0.6 is 15.9 Å². The molecule has 0 atom stereocenters. The van der Waals surface area contributed by atoms with Gasteiger partial charge in [-0.2, -0.15) is 0 Å². The molecular weight excluding hydrogens is 366 g/mol. The van der Waals surface area contributed by atoms with Gasteiger partial charge in [-0.05, 0) is 34.8 Å². The highest BCUT2D eigenvalue weighted by Crippen LogP contribution is 2.32. The van der Waals surface area contributed by atoms with Gasteiger partial charge in [0.2, 0.25) is 0 Å². The molecule has 0 saturated carbocycles. The Labute approximate surface area is 139 Å². The molecule has 118 valence electrons. The van der Waals surface area contributed by atoms with Gasteiger partial charge in [-0.25, -0.2) is 13.4 Å². The van der Waals surface area contributed by atoms with Crippen molar-refractivity contribution < 1.29 is 8.42 Å². The number of nitrogens with zero attached hydrogens (tertiary/aromatic N) is 3. The molecule has 3 rings (SSSR count). The van der Waals surface area contributed by atoms with Crippen LogP contribution in [0.1, 0.15) is 19.3 Å². The van der Waals surface area contributed by atoms with Crippen LogP contribution in [-0.4, -0.2) is 43.0 Å². The quantitative estimate of drug-likeness (QED) is 0.799. The average molecular weight is 384 g/mol. The summed E-state index contributed by atoms with van der Waals surface area (Å²) >= 11 is 3.44. The molecular formula is C15H18BrN3O2S. The molecule has 0 spiro atoms. The smallest absolute Gasteiger partial charge is 0.256 e. The van der Waals surface area contributed by atoms with Crippen molar-refractivity contribution in [2.45, 2.75) is 24.2 Å². The second-order valence-corrected chi connectivity index (χ2v) is 8.13. The van der Waals surface area contributed by atoms with Crippen LogP contribution in [0.15, 0.2) is 40.0 Å². The van der Waals surface area contributed by atoms with Crippen LogP contribution in [0.5, 0.6) is 0 Å². The summed E-state index contributed by atoms with van der Waals surface area (Å²) in [5, 5.41) is 3.32. The first-order valence-electron chi connectivity index (χ1n) is 7.28. The molecule has 1 aliphatic rings. The van der Waals surface area contributed by atoms with E-state index in [9.17, 15) is 8.42 Å². The molecule has 1 saturated heterocycles. The summed E-state index contributed by atoms with van der Waals surface area (Å²) < 4.78 is 28.5. The summed E-state index contributed by atoms with van der Waals surface area (Å²) in [6.45, 7) is 1.28. The molecule has 0 radical (unpaired) electrons. The summed E-state index contributed by atoms with van der Waals surface area (Å²) in [7, 11) is -1.74. The Morgan fingerprint density at radius 2 is 1.91 bits per heavy atom. The van der Waals surface area contributed by atoms with E-state index in [-0.39, 0.29) is 0 Å². The number of sulfonamides is 1. The van der Waals surface area contributed by atoms with Gasteiger partial charge in [0.15, 0.2) is 0 Å². The highest BCUT2D eigenvalue weighted by atomic mass is 79.9. The van der Waals surface area contributed by atoms with Crippen molar-refractivity contribution >= 4 is 36.7 Å². The fraction of sp³-hybridized carbons (Fsp3) is 0.400. The molecule has 1 aliphatic heterocycles. The summed E-state index contributed by atoms with van der Waals surface area (Å²) in [4.78, 5) is 4.44. The second kappa shape index (κ2) is 6.23. The second-order valence-electron chi connectivity index (χ2n) is 5.47. The number of rotatable bonds is 2. The fourth-order valence-electron chi connectivity index (χ4n) is 2.84. The molecule has 0 amide bonds. The monoisotopic (exact) mass is 383 g/mol. The van der Waals surface area contributed by atoms with E-state index in [1.165, 1.54) is 4.41 Å². The highest BCUT2D eigenvalue weighted by molar-refractivity contribution is 9.10. The van der Waals surface area contributed by atoms with Crippen LogP contribution < -0.4 is 0 Å². The Morgan fingerprint density at radius 1 is 1.14 bits per heavy atom. The minimum atomic E-state index is -3.58. The van der Waals surface area contributed by atoms with Crippen LogP contribution in [0, 0.1) is 0 Å². The predicted octanol–water partition coefficient (Wildman–Crippen LogP) is 3.02. The zero-order chi connectivity index (χ0) is 15.7. The van der Waals surface area contributed by atoms with Gasteiger partial charge in [-0.15, -0.1) is 4.41 Å². The number of hydrazine groups is 1. The zero-order valence-corrected chi connectivity index (χ0v) is 14.8. The number of halogens is 1. The van der Waals surface area contributed by atoms with E-state index >= 15 is 0 Å². The molecule has 7 heteroatoms. The van der Waals surface area contributed by atoms with Crippen LogP contribution in [0.3, 0.4) is 0 Å². The van der Waals surface area contributed by atoms with Crippen molar-refractivity contribution in [1.82, 2.24) is 14.4 Å². The van der Waals surface area contributed by atoms with Crippen molar-refractivity contribution in [2.75, 3.05) is 20.1 Å². The molecule has 0 bridgehead atoms. The first kappa shape index (κ1) is 15.9. The molecule has 0 unspecified atom stereocenters. The minimum Gasteiger partial charge on any atom is -0.263 e. The Bertz CT molecular complexity index is 789. The number of aromatic nitrogens is 1. The number of pyridine rings is 1. The van der Waals surface area contributed by atoms with Crippen molar-refractivity contribution in [3.05, 3.63) is 35.1 Å². The third-order valence-electron chi connectivity index (χ3n) is 3.97. The summed E-state index contributed by atoms with van der Waals surface area (Å²) in [5.41, 5.74) is 0. The van der Waals surface area contributed by atoms with Gasteiger partial charge >= 0.3 is 0 Å². The van der Waals surface area contributed by atoms with E-state index in [2.05, 4.69) is 20.9 Å². The van der Waals surface area contributed by atoms with Gasteiger partial charge in [0.05, 0.1) is 4.90 Å². The number of hydrogen-bond donors (Lipinski definition) is 0. The van der Waals surface area contributed by atoms with E-state index in [1.807, 2.05) is 18.1 Å². The van der Waals surface area contributed by atoms with E-state index in [1.54, 1.807) is 24.5 Å². The Balaban J connectivity index is 2.17. The van der Waals surface area contributed by atoms with Crippen LogP contribution in [0.2, 0.25) is 0 Å². The molecule has 0 N–H and O–H groups in total. The topological polar surface area (TPSA) is 53.5 Å². The van der Waals surface area contributed by atoms with Gasteiger partial charge in [0, 0.05) is 47.8 Å². The van der Waals surface area contributed by atoms with Gasteiger partial charge in [0.1, 0.15) is 0 Å². The Hall–Kier alpha value is -1.02. The normalized spacial score (nSPS) is 18.5. The van der Waals surface area contributed by atoms with Gasteiger partial charge in [0.25, 0.3) is 10.0 Å². The Kier molecular flexibility index (Phi) is 4.49. The van der Waals surface area contributed by atoms with Crippen molar-refractivity contribution in [1.29, 1.82) is 0 Å². The minimum absolute atomic E-state index is 0.327. The Morgan fingerprint density at radius 3 is 2.73 bits per heavy atom. The SMILES string of the molecule is CN1CCCCCN1S(=O)(=O)c1cccc2cncc(Br)c12. The maximum Gasteiger partial charge on any atom is 0.256 e. The summed E-state index contributed by atoms with van der Waals surface area (Å²) in [5.74, 6) is 0. The molecule has 1 aromatic carbocycles. The predicted molar refractivity (Wildman–Crippen MR) is 89.8 cm³/mol. The maximum atomic E-state index is 13.2. The largest absolute Gasteiger partial charge is 0.263 e. The first-order chi connectivity index (χ1) is 10.5. The first-order valence-corrected chi connectivity index (χ1v) is 9.51. The van der Waals surface area contributed by atoms with Gasteiger partial charge in [-0.3, -0.25) is 4.98 Å². The van der Waals surface area contributed by atoms with E-state index in [0.717, 1.165) is 31.2 Å². The zero-order valence-electron chi connectivity index (χ0n) is 12.4. The lowest BCUT2D eigenvalue weighted by Crippen LogP contribution is -2.43. The van der Waals surface area contributed by atoms with E-state index in [0.29, 0.717) is 21.3 Å². The fourth-order valence-corrected chi connectivity index (χ4v) is 5.31. The van der Waals surface area contributed by atoms with Gasteiger partial charge < -0.3 is 0 Å². The van der Waals surface area contributed by atoms with Crippen LogP contribution in [0.4, 0.5) is 0 Å². The van der Waals surface area contributed by atoms with Crippen LogP contribution in [-0.2, 0) is 10.0 Å². The van der Waals surface area contributed by atoms with Crippen LogP contribution in [0.25, 0.3) is 10.8 Å². The lowest BCUT2D eigenvalue weighted by molar-refractivity contribution is 0.105. The summed E-state index contributed by atoms with van der Waals surface area (Å²) in [6.07, 6.45) is 6.28. The van der Waals surface area contributed by atoms with Gasteiger partial charge in [-0.1, -0.05) is 18.6 Å². The lowest BCUT2D eigenvalue weighted by Gasteiger charge is -2.29. The molecule has 2 aromatic rings. The molecule has 1 fully saturated rings. The molecule has 1 aromatic heterocycles. The molecule has 5 nitrogen and oxygen atoms in total. The molecule has 0 aliphatic carbocycles. The van der Waals surface area contributed by atoms with E-state index < -0.39 is 10.0 Å². The highest BCUT2D eigenvalue weighted by Gasteiger charge is 2.30. The number of hydrogen-bond acceptors (Lipinski definition) is 4. The standard InChI is InChI=1S/C15H18BrN3O2S/c1-18-8-3-2-4-9-19(18)22(20,21)14-7-5-6-12-10-17-11-13(16)15(12)14/h5-7,10-11H,2-4,8-9H2,1H3. The summed E-state index contributed by atoms with van der Waals surface area (Å²) in [6, 6.07) is 5.31. The molecule has 22 heavy (non-hydrogen) atoms. The molecule has 2 heterocycles. The van der Waals surface area contributed by atoms with Crippen molar-refractivity contribution in [2.24, 2.45) is 0 Å². The van der Waals surface area contributed by atoms with Crippen molar-refractivity contribution in [3.63, 3.8) is 0 Å². The third kappa shape index (κ3) is 2.78. The average Bonchev–Trinajstić information content (AvgIpc) is 2.72. The number of benzene rings is 1. The maximum absolute atomic E-state index is 13.2. The lowest BCUT2D eigenvalue weighted by atomic mass is 10.2. The van der Waals surface area contributed by atoms with Crippen molar-refractivity contribution in [3.8, 4) is 0 Å². The number of fused-ring (bicyclic) bond motifs is 1.